The fourth-order valence-electron chi connectivity index (χ4n) is 4.06. The van der Waals surface area contributed by atoms with Crippen molar-refractivity contribution in [2.24, 2.45) is 0 Å². The highest BCUT2D eigenvalue weighted by Crippen LogP contribution is 2.26. The second-order valence-electron chi connectivity index (χ2n) is 8.25. The second-order valence-corrected chi connectivity index (χ2v) is 8.25. The van der Waals surface area contributed by atoms with E-state index in [0.717, 1.165) is 31.2 Å². The number of carbonyl (C=O) groups excluding carboxylic acids is 2. The van der Waals surface area contributed by atoms with Crippen molar-refractivity contribution in [1.29, 1.82) is 0 Å². The maximum absolute atomic E-state index is 12.5. The summed E-state index contributed by atoms with van der Waals surface area (Å²) in [6.07, 6.45) is 0. The molecule has 0 bridgehead atoms. The summed E-state index contributed by atoms with van der Waals surface area (Å²) in [6.45, 7) is 5.85. The van der Waals surface area contributed by atoms with Crippen molar-refractivity contribution in [3.05, 3.63) is 65.5 Å². The predicted octanol–water partition coefficient (Wildman–Crippen LogP) is 1.63. The zero-order chi connectivity index (χ0) is 24.4. The Hall–Kier alpha value is -4.09. The molecule has 5 rings (SSSR count). The van der Waals surface area contributed by atoms with Crippen LogP contribution >= 0.6 is 0 Å². The monoisotopic (exact) mass is 475 g/mol. The van der Waals surface area contributed by atoms with E-state index in [1.165, 1.54) is 0 Å². The summed E-state index contributed by atoms with van der Waals surface area (Å²) >= 11 is 0. The SMILES string of the molecule is Cc1nc(Nc2ccc(ON3C(=O)c4ccccc4C3=O)cc2)nc(N2CCN(CCO)CC2)n1. The molecule has 0 spiro atoms. The van der Waals surface area contributed by atoms with Gasteiger partial charge < -0.3 is 20.2 Å². The summed E-state index contributed by atoms with van der Waals surface area (Å²) in [5.41, 5.74) is 1.36. The first kappa shape index (κ1) is 22.7. The zero-order valence-electron chi connectivity index (χ0n) is 19.2. The Kier molecular flexibility index (Phi) is 6.25. The highest BCUT2D eigenvalue weighted by molar-refractivity contribution is 6.20. The number of rotatable bonds is 7. The fourth-order valence-corrected chi connectivity index (χ4v) is 4.06. The number of hydrogen-bond donors (Lipinski definition) is 2. The number of anilines is 3. The van der Waals surface area contributed by atoms with Gasteiger partial charge in [-0.2, -0.15) is 15.0 Å². The molecule has 2 aromatic carbocycles. The van der Waals surface area contributed by atoms with Gasteiger partial charge in [0.1, 0.15) is 5.82 Å². The number of amides is 2. The molecule has 1 aromatic heterocycles. The number of hydroxylamine groups is 2. The van der Waals surface area contributed by atoms with Gasteiger partial charge in [-0.15, -0.1) is 0 Å². The third kappa shape index (κ3) is 4.77. The summed E-state index contributed by atoms with van der Waals surface area (Å²) < 4.78 is 0. The highest BCUT2D eigenvalue weighted by atomic mass is 16.7. The van der Waals surface area contributed by atoms with E-state index in [1.807, 2.05) is 6.92 Å². The largest absolute Gasteiger partial charge is 0.395 e. The van der Waals surface area contributed by atoms with Crippen molar-refractivity contribution in [1.82, 2.24) is 24.9 Å². The van der Waals surface area contributed by atoms with Crippen molar-refractivity contribution in [3.8, 4) is 5.75 Å². The smallest absolute Gasteiger partial charge is 0.295 e. The van der Waals surface area contributed by atoms with Gasteiger partial charge >= 0.3 is 0 Å². The predicted molar refractivity (Wildman–Crippen MR) is 128 cm³/mol. The number of hydrogen-bond acceptors (Lipinski definition) is 10. The second kappa shape index (κ2) is 9.65. The van der Waals surface area contributed by atoms with Crippen molar-refractivity contribution in [3.63, 3.8) is 0 Å². The quantitative estimate of drug-likeness (QED) is 0.487. The van der Waals surface area contributed by atoms with Gasteiger partial charge in [-0.3, -0.25) is 14.5 Å². The number of aromatic nitrogens is 3. The molecule has 35 heavy (non-hydrogen) atoms. The molecule has 180 valence electrons. The lowest BCUT2D eigenvalue weighted by Crippen LogP contribution is -2.47. The van der Waals surface area contributed by atoms with Gasteiger partial charge in [0.15, 0.2) is 5.75 Å². The lowest BCUT2D eigenvalue weighted by molar-refractivity contribution is -0.0140. The number of aliphatic hydroxyl groups excluding tert-OH is 1. The molecular weight excluding hydrogens is 450 g/mol. The molecule has 2 aliphatic rings. The van der Waals surface area contributed by atoms with Gasteiger partial charge in [0.25, 0.3) is 11.8 Å². The molecule has 0 aliphatic carbocycles. The number of fused-ring (bicyclic) bond motifs is 1. The minimum Gasteiger partial charge on any atom is -0.395 e. The first-order chi connectivity index (χ1) is 17.0. The number of aliphatic hydroxyl groups is 1. The number of β-amino-alcohol motifs (C(OH)–C–C–N with tert-alkyl or cyclic N) is 1. The summed E-state index contributed by atoms with van der Waals surface area (Å²) in [6, 6.07) is 13.4. The van der Waals surface area contributed by atoms with E-state index in [9.17, 15) is 9.59 Å². The average Bonchev–Trinajstić information content (AvgIpc) is 3.10. The highest BCUT2D eigenvalue weighted by Gasteiger charge is 2.37. The standard InChI is InChI=1S/C24H25N7O4/c1-16-25-23(28-24(26-16)30-12-10-29(11-13-30)14-15-32)27-17-6-8-18(9-7-17)35-31-21(33)19-4-2-3-5-20(19)22(31)34/h2-9,32H,10-15H2,1H3,(H,25,26,27,28). The van der Waals surface area contributed by atoms with Crippen LogP contribution in [0.3, 0.4) is 0 Å². The van der Waals surface area contributed by atoms with Crippen LogP contribution in [0.25, 0.3) is 0 Å². The van der Waals surface area contributed by atoms with E-state index in [0.29, 0.717) is 46.8 Å². The molecule has 0 atom stereocenters. The molecule has 3 aromatic rings. The molecule has 2 amide bonds. The van der Waals surface area contributed by atoms with Gasteiger partial charge in [0.05, 0.1) is 17.7 Å². The van der Waals surface area contributed by atoms with Crippen LogP contribution in [-0.4, -0.2) is 81.2 Å². The van der Waals surface area contributed by atoms with Crippen LogP contribution in [0.15, 0.2) is 48.5 Å². The van der Waals surface area contributed by atoms with Crippen LogP contribution in [0.1, 0.15) is 26.5 Å². The van der Waals surface area contributed by atoms with Crippen molar-refractivity contribution in [2.45, 2.75) is 6.92 Å². The number of nitrogens with one attached hydrogen (secondary N) is 1. The van der Waals surface area contributed by atoms with Crippen molar-refractivity contribution >= 4 is 29.4 Å². The van der Waals surface area contributed by atoms with Crippen LogP contribution < -0.4 is 15.1 Å². The molecule has 1 fully saturated rings. The van der Waals surface area contributed by atoms with Crippen LogP contribution in [0.5, 0.6) is 5.75 Å². The molecule has 3 heterocycles. The minimum absolute atomic E-state index is 0.154. The summed E-state index contributed by atoms with van der Waals surface area (Å²) in [4.78, 5) is 48.3. The molecule has 0 radical (unpaired) electrons. The molecule has 2 N–H and O–H groups in total. The Labute approximate surface area is 201 Å². The molecular formula is C24H25N7O4. The minimum atomic E-state index is -0.488. The number of piperazine rings is 1. The third-order valence-corrected chi connectivity index (χ3v) is 5.87. The summed E-state index contributed by atoms with van der Waals surface area (Å²) in [7, 11) is 0. The van der Waals surface area contributed by atoms with Gasteiger partial charge in [0, 0.05) is 38.4 Å². The van der Waals surface area contributed by atoms with Crippen molar-refractivity contribution < 1.29 is 19.5 Å². The van der Waals surface area contributed by atoms with E-state index in [4.69, 9.17) is 9.94 Å². The summed E-state index contributed by atoms with van der Waals surface area (Å²) in [5, 5.41) is 13.1. The van der Waals surface area contributed by atoms with E-state index in [1.54, 1.807) is 48.5 Å². The molecule has 2 aliphatic heterocycles. The molecule has 0 unspecified atom stereocenters. The Morgan fingerprint density at radius 3 is 2.20 bits per heavy atom. The van der Waals surface area contributed by atoms with Crippen LogP contribution in [-0.2, 0) is 0 Å². The Morgan fingerprint density at radius 1 is 0.914 bits per heavy atom. The van der Waals surface area contributed by atoms with E-state index in [-0.39, 0.29) is 6.61 Å². The zero-order valence-corrected chi connectivity index (χ0v) is 19.2. The first-order valence-electron chi connectivity index (χ1n) is 11.4. The molecule has 1 saturated heterocycles. The Bertz CT molecular complexity index is 1210. The van der Waals surface area contributed by atoms with Gasteiger partial charge in [0.2, 0.25) is 11.9 Å². The topological polar surface area (TPSA) is 124 Å². The summed E-state index contributed by atoms with van der Waals surface area (Å²) in [5.74, 6) is 0.990. The third-order valence-electron chi connectivity index (χ3n) is 5.87. The molecule has 11 nitrogen and oxygen atoms in total. The number of carbonyl (C=O) groups is 2. The van der Waals surface area contributed by atoms with Gasteiger partial charge in [-0.05, 0) is 43.3 Å². The number of imide groups is 1. The number of benzene rings is 2. The lowest BCUT2D eigenvalue weighted by Gasteiger charge is -2.34. The number of aryl methyl sites for hydroxylation is 1. The van der Waals surface area contributed by atoms with E-state index >= 15 is 0 Å². The van der Waals surface area contributed by atoms with Gasteiger partial charge in [-0.1, -0.05) is 17.2 Å². The Balaban J connectivity index is 1.24. The van der Waals surface area contributed by atoms with Crippen LogP contribution in [0.2, 0.25) is 0 Å². The Morgan fingerprint density at radius 2 is 1.57 bits per heavy atom. The molecule has 11 heteroatoms. The normalized spacial score (nSPS) is 15.9. The first-order valence-corrected chi connectivity index (χ1v) is 11.4. The lowest BCUT2D eigenvalue weighted by atomic mass is 10.1. The van der Waals surface area contributed by atoms with Crippen molar-refractivity contribution in [2.75, 3.05) is 49.5 Å². The van der Waals surface area contributed by atoms with E-state index < -0.39 is 11.8 Å². The molecule has 0 saturated carbocycles. The average molecular weight is 476 g/mol. The maximum Gasteiger partial charge on any atom is 0.295 e. The van der Waals surface area contributed by atoms with E-state index in [2.05, 4.69) is 30.1 Å². The van der Waals surface area contributed by atoms with Crippen LogP contribution in [0.4, 0.5) is 17.6 Å². The number of nitrogens with zero attached hydrogens (tertiary/aromatic N) is 6. The fraction of sp³-hybridized carbons (Fsp3) is 0.292. The maximum atomic E-state index is 12.5. The van der Waals surface area contributed by atoms with Gasteiger partial charge in [-0.25, -0.2) is 0 Å². The van der Waals surface area contributed by atoms with Crippen LogP contribution in [0, 0.1) is 6.92 Å².